The van der Waals surface area contributed by atoms with Crippen molar-refractivity contribution in [3.8, 4) is 0 Å². The number of likely N-dealkylation sites (N-methyl/N-ethyl adjacent to an activating group) is 1. The van der Waals surface area contributed by atoms with Gasteiger partial charge in [-0.3, -0.25) is 0 Å². The van der Waals surface area contributed by atoms with E-state index in [4.69, 9.17) is 9.84 Å². The number of urea groups is 1. The van der Waals surface area contributed by atoms with E-state index < -0.39 is 5.97 Å². The Hall–Kier alpha value is -2.08. The third-order valence-corrected chi connectivity index (χ3v) is 3.82. The molecular weight excluding hydrogens is 272 g/mol. The molecular formula is C15H20N2O4. The van der Waals surface area contributed by atoms with Crippen molar-refractivity contribution in [2.24, 2.45) is 0 Å². The lowest BCUT2D eigenvalue weighted by atomic mass is 10.1. The Morgan fingerprint density at radius 1 is 1.38 bits per heavy atom. The van der Waals surface area contributed by atoms with Gasteiger partial charge in [-0.1, -0.05) is 6.07 Å². The van der Waals surface area contributed by atoms with Gasteiger partial charge in [0.1, 0.15) is 0 Å². The zero-order chi connectivity index (χ0) is 15.6. The molecule has 1 aromatic rings. The molecule has 1 heterocycles. The maximum Gasteiger partial charge on any atom is 0.335 e. The second-order valence-corrected chi connectivity index (χ2v) is 5.34. The van der Waals surface area contributed by atoms with E-state index in [0.717, 1.165) is 11.1 Å². The molecule has 1 unspecified atom stereocenters. The minimum atomic E-state index is -0.951. The van der Waals surface area contributed by atoms with Crippen molar-refractivity contribution >= 4 is 12.0 Å². The average Bonchev–Trinajstić information content (AvgIpc) is 2.88. The van der Waals surface area contributed by atoms with Crippen molar-refractivity contribution in [3.63, 3.8) is 0 Å². The van der Waals surface area contributed by atoms with E-state index in [1.807, 2.05) is 6.92 Å². The predicted octanol–water partition coefficient (Wildman–Crippen LogP) is 1.79. The molecule has 0 saturated heterocycles. The normalized spacial score (nSPS) is 14.7. The first-order valence-electron chi connectivity index (χ1n) is 6.79. The summed E-state index contributed by atoms with van der Waals surface area (Å²) in [5, 5.41) is 9.01. The number of benzene rings is 1. The largest absolute Gasteiger partial charge is 0.478 e. The maximum absolute atomic E-state index is 12.4. The van der Waals surface area contributed by atoms with Crippen LogP contribution in [0.4, 0.5) is 4.79 Å². The SMILES string of the molecule is COCC(C)N(C)C(=O)N1Cc2ccc(C(=O)O)cc2C1. The first-order chi connectivity index (χ1) is 9.93. The van der Waals surface area contributed by atoms with E-state index in [0.29, 0.717) is 19.7 Å². The highest BCUT2D eigenvalue weighted by molar-refractivity contribution is 5.88. The smallest absolute Gasteiger partial charge is 0.335 e. The van der Waals surface area contributed by atoms with Gasteiger partial charge in [0.15, 0.2) is 0 Å². The molecule has 1 aliphatic heterocycles. The van der Waals surface area contributed by atoms with Crippen LogP contribution in [0.1, 0.15) is 28.4 Å². The Balaban J connectivity index is 2.08. The van der Waals surface area contributed by atoms with Crippen molar-refractivity contribution in [1.29, 1.82) is 0 Å². The average molecular weight is 292 g/mol. The summed E-state index contributed by atoms with van der Waals surface area (Å²) in [7, 11) is 3.35. The number of aromatic carboxylic acids is 1. The van der Waals surface area contributed by atoms with E-state index in [9.17, 15) is 9.59 Å². The van der Waals surface area contributed by atoms with Gasteiger partial charge >= 0.3 is 12.0 Å². The molecule has 0 radical (unpaired) electrons. The van der Waals surface area contributed by atoms with E-state index in [1.165, 1.54) is 0 Å². The molecule has 0 saturated carbocycles. The number of carboxylic acid groups (broad SMARTS) is 1. The van der Waals surface area contributed by atoms with Crippen LogP contribution in [0.25, 0.3) is 0 Å². The molecule has 1 N–H and O–H groups in total. The van der Waals surface area contributed by atoms with Gasteiger partial charge in [-0.2, -0.15) is 0 Å². The van der Waals surface area contributed by atoms with Gasteiger partial charge in [-0.15, -0.1) is 0 Å². The lowest BCUT2D eigenvalue weighted by molar-refractivity contribution is 0.0696. The molecule has 21 heavy (non-hydrogen) atoms. The van der Waals surface area contributed by atoms with Crippen LogP contribution in [0.3, 0.4) is 0 Å². The van der Waals surface area contributed by atoms with Crippen molar-refractivity contribution < 1.29 is 19.4 Å². The van der Waals surface area contributed by atoms with Crippen LogP contribution in [0.2, 0.25) is 0 Å². The van der Waals surface area contributed by atoms with Crippen LogP contribution >= 0.6 is 0 Å². The van der Waals surface area contributed by atoms with E-state index >= 15 is 0 Å². The van der Waals surface area contributed by atoms with Crippen molar-refractivity contribution in [3.05, 3.63) is 34.9 Å². The number of methoxy groups -OCH3 is 1. The van der Waals surface area contributed by atoms with Gasteiger partial charge in [0.25, 0.3) is 0 Å². The third kappa shape index (κ3) is 3.16. The number of carbonyl (C=O) groups is 2. The molecule has 2 amide bonds. The van der Waals surface area contributed by atoms with Crippen molar-refractivity contribution in [2.75, 3.05) is 20.8 Å². The summed E-state index contributed by atoms with van der Waals surface area (Å²) in [5.74, 6) is -0.951. The fourth-order valence-electron chi connectivity index (χ4n) is 2.43. The molecule has 6 heteroatoms. The number of nitrogens with zero attached hydrogens (tertiary/aromatic N) is 2. The minimum absolute atomic E-state index is 0.0132. The molecule has 0 fully saturated rings. The second kappa shape index (κ2) is 6.13. The number of fused-ring (bicyclic) bond motifs is 1. The van der Waals surface area contributed by atoms with E-state index in [1.54, 1.807) is 42.2 Å². The standard InChI is InChI=1S/C15H20N2O4/c1-10(9-21-3)16(2)15(20)17-7-12-5-4-11(14(18)19)6-13(12)8-17/h4-6,10H,7-9H2,1-3H3,(H,18,19). The highest BCUT2D eigenvalue weighted by Gasteiger charge is 2.28. The van der Waals surface area contributed by atoms with E-state index in [2.05, 4.69) is 0 Å². The zero-order valence-corrected chi connectivity index (χ0v) is 12.5. The molecule has 1 atom stereocenters. The molecule has 2 rings (SSSR count). The van der Waals surface area contributed by atoms with Crippen molar-refractivity contribution in [1.82, 2.24) is 9.80 Å². The Bertz CT molecular complexity index is 559. The Morgan fingerprint density at radius 2 is 2.05 bits per heavy atom. The summed E-state index contributed by atoms with van der Waals surface area (Å²) in [6.07, 6.45) is 0. The Labute approximate surface area is 123 Å². The molecule has 0 aliphatic carbocycles. The number of ether oxygens (including phenoxy) is 1. The molecule has 0 aromatic heterocycles. The van der Waals surface area contributed by atoms with Crippen LogP contribution in [0.5, 0.6) is 0 Å². The highest BCUT2D eigenvalue weighted by Crippen LogP contribution is 2.25. The second-order valence-electron chi connectivity index (χ2n) is 5.34. The number of amides is 2. The summed E-state index contributed by atoms with van der Waals surface area (Å²) in [5.41, 5.74) is 2.15. The maximum atomic E-state index is 12.4. The Kier molecular flexibility index (Phi) is 4.47. The quantitative estimate of drug-likeness (QED) is 0.918. The number of carbonyl (C=O) groups excluding carboxylic acids is 1. The highest BCUT2D eigenvalue weighted by atomic mass is 16.5. The Morgan fingerprint density at radius 3 is 2.67 bits per heavy atom. The first-order valence-corrected chi connectivity index (χ1v) is 6.79. The molecule has 114 valence electrons. The lowest BCUT2D eigenvalue weighted by Crippen LogP contribution is -2.44. The third-order valence-electron chi connectivity index (χ3n) is 3.82. The summed E-state index contributed by atoms with van der Waals surface area (Å²) >= 11 is 0. The molecule has 6 nitrogen and oxygen atoms in total. The fraction of sp³-hybridized carbons (Fsp3) is 0.467. The van der Waals surface area contributed by atoms with Gasteiger partial charge < -0.3 is 19.6 Å². The fourth-order valence-corrected chi connectivity index (χ4v) is 2.43. The minimum Gasteiger partial charge on any atom is -0.478 e. The molecule has 0 spiro atoms. The first kappa shape index (κ1) is 15.3. The summed E-state index contributed by atoms with van der Waals surface area (Å²) in [6, 6.07) is 4.91. The number of rotatable bonds is 4. The zero-order valence-electron chi connectivity index (χ0n) is 12.5. The predicted molar refractivity (Wildman–Crippen MR) is 77.1 cm³/mol. The van der Waals surface area contributed by atoms with Gasteiger partial charge in [-0.05, 0) is 30.2 Å². The van der Waals surface area contributed by atoms with Crippen LogP contribution in [0, 0.1) is 0 Å². The van der Waals surface area contributed by atoms with Crippen LogP contribution < -0.4 is 0 Å². The summed E-state index contributed by atoms with van der Waals surface area (Å²) in [4.78, 5) is 26.8. The van der Waals surface area contributed by atoms with Crippen LogP contribution in [-0.2, 0) is 17.8 Å². The van der Waals surface area contributed by atoms with Gasteiger partial charge in [0, 0.05) is 27.2 Å². The van der Waals surface area contributed by atoms with E-state index in [-0.39, 0.29) is 17.6 Å². The monoisotopic (exact) mass is 292 g/mol. The number of hydrogen-bond acceptors (Lipinski definition) is 3. The summed E-state index contributed by atoms with van der Waals surface area (Å²) in [6.45, 7) is 3.36. The van der Waals surface area contributed by atoms with Gasteiger partial charge in [0.05, 0.1) is 18.2 Å². The van der Waals surface area contributed by atoms with Gasteiger partial charge in [0.2, 0.25) is 0 Å². The van der Waals surface area contributed by atoms with Crippen LogP contribution in [-0.4, -0.2) is 53.7 Å². The molecule has 1 aromatic carbocycles. The number of hydrogen-bond donors (Lipinski definition) is 1. The molecule has 0 bridgehead atoms. The number of carboxylic acids is 1. The summed E-state index contributed by atoms with van der Waals surface area (Å²) < 4.78 is 5.06. The lowest BCUT2D eigenvalue weighted by Gasteiger charge is -2.29. The van der Waals surface area contributed by atoms with Gasteiger partial charge in [-0.25, -0.2) is 9.59 Å². The topological polar surface area (TPSA) is 70.1 Å². The molecule has 1 aliphatic rings. The van der Waals surface area contributed by atoms with Crippen LogP contribution in [0.15, 0.2) is 18.2 Å². The van der Waals surface area contributed by atoms with Crippen molar-refractivity contribution in [2.45, 2.75) is 26.1 Å².